The maximum absolute atomic E-state index is 13.9. The second-order valence-electron chi connectivity index (χ2n) is 10.0. The molecule has 3 aromatic carbocycles. The van der Waals surface area contributed by atoms with Gasteiger partial charge >= 0.3 is 0 Å². The van der Waals surface area contributed by atoms with E-state index in [0.29, 0.717) is 17.2 Å². The lowest BCUT2D eigenvalue weighted by Gasteiger charge is -2.28. The minimum atomic E-state index is -0.717. The number of amidine groups is 1. The molecule has 0 saturated heterocycles. The molecule has 0 atom stereocenters. The van der Waals surface area contributed by atoms with Gasteiger partial charge in [0.2, 0.25) is 5.91 Å². The molecule has 1 N–H and O–H groups in total. The summed E-state index contributed by atoms with van der Waals surface area (Å²) in [6, 6.07) is 30.3. The molecule has 7 nitrogen and oxygen atoms in total. The number of hydrogen-bond donors (Lipinski definition) is 1. The number of furan rings is 1. The molecule has 0 radical (unpaired) electrons. The van der Waals surface area contributed by atoms with Crippen LogP contribution in [0.3, 0.4) is 0 Å². The Morgan fingerprint density at radius 3 is 2.24 bits per heavy atom. The van der Waals surface area contributed by atoms with Gasteiger partial charge in [-0.25, -0.2) is 0 Å². The minimum Gasteiger partial charge on any atom is -0.457 e. The molecule has 3 amide bonds. The van der Waals surface area contributed by atoms with E-state index in [4.69, 9.17) is 4.42 Å². The van der Waals surface area contributed by atoms with Gasteiger partial charge in [0.25, 0.3) is 11.8 Å². The molecule has 0 fully saturated rings. The van der Waals surface area contributed by atoms with E-state index < -0.39 is 11.8 Å². The highest BCUT2D eigenvalue weighted by atomic mass is 127. The maximum atomic E-state index is 13.9. The van der Waals surface area contributed by atoms with Crippen LogP contribution in [0, 0.1) is 3.57 Å². The summed E-state index contributed by atoms with van der Waals surface area (Å²) in [7, 11) is 0. The van der Waals surface area contributed by atoms with E-state index in [1.54, 1.807) is 43.4 Å². The Bertz CT molecular complexity index is 1820. The fourth-order valence-electron chi connectivity index (χ4n) is 4.74. The fourth-order valence-corrected chi connectivity index (χ4v) is 5.90. The van der Waals surface area contributed by atoms with Crippen LogP contribution in [0.15, 0.2) is 149 Å². The van der Waals surface area contributed by atoms with Gasteiger partial charge in [0.05, 0.1) is 11.8 Å². The molecule has 230 valence electrons. The summed E-state index contributed by atoms with van der Waals surface area (Å²) in [4.78, 5) is 46.1. The predicted molar refractivity (Wildman–Crippen MR) is 193 cm³/mol. The molecular formula is C37H30IN3O4S. The lowest BCUT2D eigenvalue weighted by Crippen LogP contribution is -2.42. The highest BCUT2D eigenvalue weighted by molar-refractivity contribution is 14.1. The first kappa shape index (κ1) is 32.6. The van der Waals surface area contributed by atoms with Gasteiger partial charge in [0.1, 0.15) is 17.1 Å². The van der Waals surface area contributed by atoms with Gasteiger partial charge in [-0.2, -0.15) is 4.99 Å². The van der Waals surface area contributed by atoms with Crippen LogP contribution in [0.2, 0.25) is 0 Å². The SMILES string of the molecule is C=C/C=C\C(=C/C)N1C(=O)/C(=C/c2ccc(-c3ccc(I)cc3)o2)C(=O)N=C1SCC(=O)NC(c1ccccc1)c1ccccc1. The number of allylic oxidation sites excluding steroid dienone is 4. The molecule has 46 heavy (non-hydrogen) atoms. The number of nitrogens with one attached hydrogen (secondary N) is 1. The summed E-state index contributed by atoms with van der Waals surface area (Å²) in [6.07, 6.45) is 8.09. The molecule has 1 aromatic heterocycles. The zero-order valence-electron chi connectivity index (χ0n) is 24.9. The Morgan fingerprint density at radius 1 is 0.978 bits per heavy atom. The van der Waals surface area contributed by atoms with Crippen LogP contribution in [0.25, 0.3) is 17.4 Å². The third-order valence-electron chi connectivity index (χ3n) is 6.96. The van der Waals surface area contributed by atoms with Crippen LogP contribution >= 0.6 is 34.4 Å². The number of carbonyl (C=O) groups is 3. The van der Waals surface area contributed by atoms with Crippen molar-refractivity contribution in [2.24, 2.45) is 4.99 Å². The number of benzene rings is 3. The average molecular weight is 740 g/mol. The third-order valence-corrected chi connectivity index (χ3v) is 8.61. The number of halogens is 1. The molecule has 1 aliphatic heterocycles. The van der Waals surface area contributed by atoms with Crippen molar-refractivity contribution in [3.8, 4) is 11.3 Å². The summed E-state index contributed by atoms with van der Waals surface area (Å²) in [5.41, 5.74) is 3.04. The van der Waals surface area contributed by atoms with Gasteiger partial charge < -0.3 is 9.73 Å². The van der Waals surface area contributed by atoms with Gasteiger partial charge in [-0.05, 0) is 77.1 Å². The first-order valence-electron chi connectivity index (χ1n) is 14.4. The van der Waals surface area contributed by atoms with Crippen LogP contribution in [0.5, 0.6) is 0 Å². The first-order chi connectivity index (χ1) is 22.4. The molecule has 2 heterocycles. The number of hydrogen-bond acceptors (Lipinski definition) is 5. The number of aliphatic imine (C=N–C) groups is 1. The van der Waals surface area contributed by atoms with Crippen molar-refractivity contribution in [1.29, 1.82) is 0 Å². The highest BCUT2D eigenvalue weighted by Gasteiger charge is 2.35. The van der Waals surface area contributed by atoms with Crippen LogP contribution < -0.4 is 5.32 Å². The van der Waals surface area contributed by atoms with Crippen molar-refractivity contribution in [3.63, 3.8) is 0 Å². The molecule has 0 saturated carbocycles. The fraction of sp³-hybridized carbons (Fsp3) is 0.0811. The molecule has 1 aliphatic rings. The number of nitrogens with zero attached hydrogens (tertiary/aromatic N) is 2. The quantitative estimate of drug-likeness (QED) is 0.0772. The normalized spacial score (nSPS) is 14.7. The van der Waals surface area contributed by atoms with Gasteiger partial charge in [0.15, 0.2) is 5.17 Å². The molecule has 0 bridgehead atoms. The Morgan fingerprint density at radius 2 is 1.63 bits per heavy atom. The summed E-state index contributed by atoms with van der Waals surface area (Å²) < 4.78 is 7.05. The zero-order valence-corrected chi connectivity index (χ0v) is 27.9. The Labute approximate surface area is 285 Å². The van der Waals surface area contributed by atoms with E-state index in [0.717, 1.165) is 32.0 Å². The monoisotopic (exact) mass is 739 g/mol. The maximum Gasteiger partial charge on any atom is 0.285 e. The molecule has 0 unspecified atom stereocenters. The second-order valence-corrected chi connectivity index (χ2v) is 12.2. The summed E-state index contributed by atoms with van der Waals surface area (Å²) in [6.45, 7) is 5.49. The smallest absolute Gasteiger partial charge is 0.285 e. The molecular weight excluding hydrogens is 709 g/mol. The van der Waals surface area contributed by atoms with Crippen molar-refractivity contribution in [2.75, 3.05) is 5.75 Å². The Balaban J connectivity index is 1.40. The molecule has 0 aliphatic carbocycles. The lowest BCUT2D eigenvalue weighted by molar-refractivity contribution is -0.126. The Hall–Kier alpha value is -4.74. The van der Waals surface area contributed by atoms with Crippen LogP contribution in [0.1, 0.15) is 29.9 Å². The van der Waals surface area contributed by atoms with Gasteiger partial charge in [-0.1, -0.05) is 109 Å². The standard InChI is InChI=1S/C37H30IN3O4S/c1-3-5-16-29(4-2)41-36(44)31(23-30-21-22-32(45-30)25-17-19-28(38)20-18-25)35(43)40-37(41)46-24-33(42)39-34(26-12-8-6-9-13-26)27-14-10-7-11-15-27/h3-23,34H,1,24H2,2H3,(H,39,42)/b16-5-,29-4+,31-23+. The summed E-state index contributed by atoms with van der Waals surface area (Å²) in [5, 5.41) is 3.19. The number of amides is 3. The lowest BCUT2D eigenvalue weighted by atomic mass is 9.99. The van der Waals surface area contributed by atoms with Gasteiger partial charge in [-0.15, -0.1) is 0 Å². The van der Waals surface area contributed by atoms with Gasteiger partial charge in [-0.3, -0.25) is 19.3 Å². The van der Waals surface area contributed by atoms with Crippen molar-refractivity contribution in [1.82, 2.24) is 10.2 Å². The van der Waals surface area contributed by atoms with E-state index in [9.17, 15) is 14.4 Å². The second kappa shape index (κ2) is 15.5. The van der Waals surface area contributed by atoms with E-state index in [1.807, 2.05) is 84.9 Å². The number of rotatable bonds is 10. The van der Waals surface area contributed by atoms with Gasteiger partial charge in [0, 0.05) is 14.8 Å². The van der Waals surface area contributed by atoms with E-state index in [1.165, 1.54) is 11.0 Å². The Kier molecular flexibility index (Phi) is 11.0. The minimum absolute atomic E-state index is 0.0785. The van der Waals surface area contributed by atoms with Crippen molar-refractivity contribution in [3.05, 3.63) is 160 Å². The third kappa shape index (κ3) is 7.91. The zero-order chi connectivity index (χ0) is 32.5. The molecule has 9 heteroatoms. The topological polar surface area (TPSA) is 92.0 Å². The predicted octanol–water partition coefficient (Wildman–Crippen LogP) is 7.94. The van der Waals surface area contributed by atoms with Crippen molar-refractivity contribution in [2.45, 2.75) is 13.0 Å². The van der Waals surface area contributed by atoms with Crippen LogP contribution in [0.4, 0.5) is 0 Å². The van der Waals surface area contributed by atoms with Crippen LogP contribution in [-0.2, 0) is 14.4 Å². The number of carbonyl (C=O) groups excluding carboxylic acids is 3. The molecule has 5 rings (SSSR count). The van der Waals surface area contributed by atoms with Crippen molar-refractivity contribution < 1.29 is 18.8 Å². The van der Waals surface area contributed by atoms with Crippen LogP contribution in [-0.4, -0.2) is 33.5 Å². The van der Waals surface area contributed by atoms with E-state index in [-0.39, 0.29) is 28.4 Å². The first-order valence-corrected chi connectivity index (χ1v) is 16.5. The number of thioether (sulfide) groups is 1. The summed E-state index contributed by atoms with van der Waals surface area (Å²) >= 11 is 3.24. The molecule has 0 spiro atoms. The average Bonchev–Trinajstić information content (AvgIpc) is 3.55. The highest BCUT2D eigenvalue weighted by Crippen LogP contribution is 2.29. The van der Waals surface area contributed by atoms with E-state index >= 15 is 0 Å². The summed E-state index contributed by atoms with van der Waals surface area (Å²) in [5.74, 6) is -0.713. The van der Waals surface area contributed by atoms with E-state index in [2.05, 4.69) is 39.5 Å². The largest absolute Gasteiger partial charge is 0.457 e. The molecule has 4 aromatic rings. The van der Waals surface area contributed by atoms with Crippen molar-refractivity contribution >= 4 is 63.3 Å².